The van der Waals surface area contributed by atoms with Gasteiger partial charge in [-0.15, -0.1) is 0 Å². The van der Waals surface area contributed by atoms with E-state index in [-0.39, 0.29) is 10.6 Å². The van der Waals surface area contributed by atoms with E-state index in [1.807, 2.05) is 0 Å². The lowest BCUT2D eigenvalue weighted by Crippen LogP contribution is -2.47. The number of anilines is 1. The molecule has 1 fully saturated rings. The van der Waals surface area contributed by atoms with Crippen LogP contribution in [0.1, 0.15) is 20.3 Å². The van der Waals surface area contributed by atoms with E-state index in [9.17, 15) is 4.79 Å². The Morgan fingerprint density at radius 2 is 2.19 bits per heavy atom. The summed E-state index contributed by atoms with van der Waals surface area (Å²) in [5.41, 5.74) is 0.218. The monoisotopic (exact) mass is 314 g/mol. The molecule has 1 aromatic heterocycles. The van der Waals surface area contributed by atoms with Gasteiger partial charge in [0.25, 0.3) is 5.56 Å². The summed E-state index contributed by atoms with van der Waals surface area (Å²) < 4.78 is 5.41. The van der Waals surface area contributed by atoms with Crippen molar-refractivity contribution in [1.82, 2.24) is 15.1 Å². The van der Waals surface area contributed by atoms with Crippen LogP contribution in [0.2, 0.25) is 5.02 Å². The molecule has 0 saturated carbocycles. The average Bonchev–Trinajstić information content (AvgIpc) is 2.48. The van der Waals surface area contributed by atoms with Gasteiger partial charge in [-0.25, -0.2) is 5.10 Å². The largest absolute Gasteiger partial charge is 0.381 e. The summed E-state index contributed by atoms with van der Waals surface area (Å²) in [6, 6.07) is 0.393. The van der Waals surface area contributed by atoms with Crippen molar-refractivity contribution in [3.63, 3.8) is 0 Å². The highest BCUT2D eigenvalue weighted by atomic mass is 35.5. The van der Waals surface area contributed by atoms with Crippen LogP contribution in [0.5, 0.6) is 0 Å². The number of morpholine rings is 1. The SMILES string of the molecule is CC(C)CC(CNc1cn[nH]c(=O)c1Cl)N1CCOCC1. The second-order valence-electron chi connectivity index (χ2n) is 5.74. The third kappa shape index (κ3) is 4.69. The van der Waals surface area contributed by atoms with Crippen LogP contribution in [0.3, 0.4) is 0 Å². The fourth-order valence-corrected chi connectivity index (χ4v) is 2.74. The van der Waals surface area contributed by atoms with E-state index in [1.54, 1.807) is 6.20 Å². The summed E-state index contributed by atoms with van der Waals surface area (Å²) >= 11 is 5.99. The molecule has 118 valence electrons. The molecule has 6 nitrogen and oxygen atoms in total. The normalized spacial score (nSPS) is 17.9. The van der Waals surface area contributed by atoms with Gasteiger partial charge in [-0.1, -0.05) is 25.4 Å². The Bertz CT molecular complexity index is 500. The number of halogens is 1. The second-order valence-corrected chi connectivity index (χ2v) is 6.12. The van der Waals surface area contributed by atoms with Crippen LogP contribution in [-0.2, 0) is 4.74 Å². The minimum Gasteiger partial charge on any atom is -0.381 e. The van der Waals surface area contributed by atoms with Crippen molar-refractivity contribution in [2.45, 2.75) is 26.3 Å². The summed E-state index contributed by atoms with van der Waals surface area (Å²) in [6.07, 6.45) is 2.64. The van der Waals surface area contributed by atoms with E-state index in [1.165, 1.54) is 0 Å². The zero-order chi connectivity index (χ0) is 15.2. The maximum atomic E-state index is 11.4. The number of H-pyrrole nitrogens is 1. The lowest BCUT2D eigenvalue weighted by atomic mass is 10.0. The maximum Gasteiger partial charge on any atom is 0.285 e. The number of aromatic amines is 1. The van der Waals surface area contributed by atoms with Crippen molar-refractivity contribution in [3.05, 3.63) is 21.6 Å². The lowest BCUT2D eigenvalue weighted by Gasteiger charge is -2.35. The topological polar surface area (TPSA) is 70.2 Å². The van der Waals surface area contributed by atoms with Gasteiger partial charge >= 0.3 is 0 Å². The summed E-state index contributed by atoms with van der Waals surface area (Å²) in [5, 5.41) is 9.52. The van der Waals surface area contributed by atoms with Crippen LogP contribution in [0.15, 0.2) is 11.0 Å². The number of hydrogen-bond acceptors (Lipinski definition) is 5. The molecule has 0 aromatic carbocycles. The molecule has 7 heteroatoms. The quantitative estimate of drug-likeness (QED) is 0.834. The molecule has 1 unspecified atom stereocenters. The molecule has 0 spiro atoms. The first kappa shape index (κ1) is 16.3. The molecule has 0 radical (unpaired) electrons. The Kier molecular flexibility index (Phi) is 6.02. The molecule has 1 atom stereocenters. The van der Waals surface area contributed by atoms with Crippen LogP contribution in [0, 0.1) is 5.92 Å². The second kappa shape index (κ2) is 7.77. The lowest BCUT2D eigenvalue weighted by molar-refractivity contribution is 0.0151. The van der Waals surface area contributed by atoms with Gasteiger partial charge in [0, 0.05) is 25.7 Å². The van der Waals surface area contributed by atoms with Crippen molar-refractivity contribution in [1.29, 1.82) is 0 Å². The van der Waals surface area contributed by atoms with Crippen molar-refractivity contribution >= 4 is 17.3 Å². The van der Waals surface area contributed by atoms with Gasteiger partial charge in [-0.3, -0.25) is 9.69 Å². The van der Waals surface area contributed by atoms with Gasteiger partial charge in [0.2, 0.25) is 0 Å². The third-order valence-corrected chi connectivity index (χ3v) is 4.00. The Balaban J connectivity index is 2.00. The first-order valence-electron chi connectivity index (χ1n) is 7.36. The summed E-state index contributed by atoms with van der Waals surface area (Å²) in [7, 11) is 0. The van der Waals surface area contributed by atoms with Crippen molar-refractivity contribution in [3.8, 4) is 0 Å². The minimum atomic E-state index is -0.367. The van der Waals surface area contributed by atoms with Gasteiger partial charge in [-0.2, -0.15) is 5.10 Å². The summed E-state index contributed by atoms with van der Waals surface area (Å²) in [6.45, 7) is 8.62. The molecule has 2 rings (SSSR count). The highest BCUT2D eigenvalue weighted by molar-refractivity contribution is 6.32. The number of aromatic nitrogens is 2. The van der Waals surface area contributed by atoms with Crippen molar-refractivity contribution < 1.29 is 4.74 Å². The highest BCUT2D eigenvalue weighted by Gasteiger charge is 2.22. The molecule has 0 aliphatic carbocycles. The molecule has 1 aliphatic rings. The predicted molar refractivity (Wildman–Crippen MR) is 84.0 cm³/mol. The van der Waals surface area contributed by atoms with Crippen molar-refractivity contribution in [2.24, 2.45) is 5.92 Å². The Hall–Kier alpha value is -1.11. The molecular weight excluding hydrogens is 292 g/mol. The molecule has 2 N–H and O–H groups in total. The fraction of sp³-hybridized carbons (Fsp3) is 0.714. The van der Waals surface area contributed by atoms with Crippen LogP contribution >= 0.6 is 11.6 Å². The first-order valence-corrected chi connectivity index (χ1v) is 7.74. The van der Waals surface area contributed by atoms with Crippen LogP contribution in [-0.4, -0.2) is 54.0 Å². The van der Waals surface area contributed by atoms with E-state index in [2.05, 4.69) is 34.3 Å². The van der Waals surface area contributed by atoms with Gasteiger partial charge in [0.15, 0.2) is 0 Å². The molecule has 1 aromatic rings. The zero-order valence-corrected chi connectivity index (χ0v) is 13.3. The number of ether oxygens (including phenoxy) is 1. The van der Waals surface area contributed by atoms with E-state index in [4.69, 9.17) is 16.3 Å². The van der Waals surface area contributed by atoms with E-state index < -0.39 is 0 Å². The van der Waals surface area contributed by atoms with Gasteiger partial charge in [0.1, 0.15) is 5.02 Å². The fourth-order valence-electron chi connectivity index (χ4n) is 2.58. The zero-order valence-electron chi connectivity index (χ0n) is 12.6. The third-order valence-electron chi connectivity index (χ3n) is 3.63. The molecule has 1 saturated heterocycles. The maximum absolute atomic E-state index is 11.4. The molecule has 1 aliphatic heterocycles. The van der Waals surface area contributed by atoms with Gasteiger partial charge in [-0.05, 0) is 12.3 Å². The van der Waals surface area contributed by atoms with Gasteiger partial charge in [0.05, 0.1) is 25.1 Å². The number of rotatable bonds is 6. The van der Waals surface area contributed by atoms with Gasteiger partial charge < -0.3 is 10.1 Å². The molecule has 0 amide bonds. The van der Waals surface area contributed by atoms with E-state index >= 15 is 0 Å². The van der Waals surface area contributed by atoms with Crippen molar-refractivity contribution in [2.75, 3.05) is 38.2 Å². The summed E-state index contributed by atoms with van der Waals surface area (Å²) in [5.74, 6) is 0.604. The van der Waals surface area contributed by atoms with E-state index in [0.29, 0.717) is 17.6 Å². The van der Waals surface area contributed by atoms with Crippen LogP contribution in [0.4, 0.5) is 5.69 Å². The molecule has 0 bridgehead atoms. The number of nitrogens with one attached hydrogen (secondary N) is 2. The predicted octanol–water partition coefficient (Wildman–Crippen LogP) is 1.58. The number of hydrogen-bond donors (Lipinski definition) is 2. The Morgan fingerprint density at radius 3 is 2.86 bits per heavy atom. The average molecular weight is 315 g/mol. The molecule has 21 heavy (non-hydrogen) atoms. The van der Waals surface area contributed by atoms with E-state index in [0.717, 1.165) is 39.3 Å². The van der Waals surface area contributed by atoms with Crippen LogP contribution < -0.4 is 10.9 Å². The molecular formula is C14H23ClN4O2. The molecule has 2 heterocycles. The Labute approximate surface area is 129 Å². The number of nitrogens with zero attached hydrogens (tertiary/aromatic N) is 2. The summed E-state index contributed by atoms with van der Waals surface area (Å²) in [4.78, 5) is 13.9. The minimum absolute atomic E-state index is 0.162. The van der Waals surface area contributed by atoms with Crippen LogP contribution in [0.25, 0.3) is 0 Å². The first-order chi connectivity index (χ1) is 10.1. The smallest absolute Gasteiger partial charge is 0.285 e. The Morgan fingerprint density at radius 1 is 1.48 bits per heavy atom. The standard InChI is InChI=1S/C14H23ClN4O2/c1-10(2)7-11(19-3-5-21-6-4-19)8-16-12-9-17-18-14(20)13(12)15/h9-11H,3-8H2,1-2H3,(H2,16,18,20). The highest BCUT2D eigenvalue weighted by Crippen LogP contribution is 2.18.